The van der Waals surface area contributed by atoms with Gasteiger partial charge in [0, 0.05) is 43.0 Å². The summed E-state index contributed by atoms with van der Waals surface area (Å²) >= 11 is 3.46. The summed E-state index contributed by atoms with van der Waals surface area (Å²) in [6, 6.07) is 2.30. The lowest BCUT2D eigenvalue weighted by Crippen LogP contribution is -2.43. The number of nitrogens with zero attached hydrogens (tertiary/aromatic N) is 3. The van der Waals surface area contributed by atoms with Gasteiger partial charge in [-0.3, -0.25) is 4.79 Å². The van der Waals surface area contributed by atoms with Crippen LogP contribution in [0.15, 0.2) is 16.7 Å². The van der Waals surface area contributed by atoms with Gasteiger partial charge in [0.2, 0.25) is 0 Å². The van der Waals surface area contributed by atoms with Gasteiger partial charge in [0.1, 0.15) is 0 Å². The standard InChI is InChI=1S/C14H18BrN3O2/c1-2-17-9-11-3-5-20-6-4-18(11)12-7-10(15)8-16-13(12)14(17)19/h7-8,11H,2-6,9H2,1H3. The summed E-state index contributed by atoms with van der Waals surface area (Å²) in [7, 11) is 0. The third kappa shape index (κ3) is 2.42. The van der Waals surface area contributed by atoms with Crippen LogP contribution in [-0.2, 0) is 4.74 Å². The minimum atomic E-state index is 0.0315. The zero-order valence-corrected chi connectivity index (χ0v) is 13.1. The molecule has 2 aliphatic heterocycles. The summed E-state index contributed by atoms with van der Waals surface area (Å²) < 4.78 is 6.49. The Balaban J connectivity index is 2.09. The molecule has 108 valence electrons. The quantitative estimate of drug-likeness (QED) is 0.784. The third-order valence-corrected chi connectivity index (χ3v) is 4.39. The molecule has 2 aliphatic rings. The minimum absolute atomic E-state index is 0.0315. The van der Waals surface area contributed by atoms with Gasteiger partial charge >= 0.3 is 0 Å². The van der Waals surface area contributed by atoms with Crippen LogP contribution in [0, 0.1) is 0 Å². The maximum atomic E-state index is 12.6. The molecule has 1 atom stereocenters. The van der Waals surface area contributed by atoms with Gasteiger partial charge < -0.3 is 14.5 Å². The molecule has 1 amide bonds. The smallest absolute Gasteiger partial charge is 0.274 e. The predicted molar refractivity (Wildman–Crippen MR) is 80.1 cm³/mol. The molecule has 0 N–H and O–H groups in total. The van der Waals surface area contributed by atoms with Crippen LogP contribution < -0.4 is 4.90 Å². The van der Waals surface area contributed by atoms with Crippen molar-refractivity contribution >= 4 is 27.5 Å². The number of carbonyl (C=O) groups excluding carboxylic acids is 1. The molecule has 0 aliphatic carbocycles. The molecule has 3 rings (SSSR count). The Hall–Kier alpha value is -1.14. The third-order valence-electron chi connectivity index (χ3n) is 3.96. The Labute approximate surface area is 127 Å². The van der Waals surface area contributed by atoms with Crippen LogP contribution in [0.3, 0.4) is 0 Å². The zero-order valence-electron chi connectivity index (χ0n) is 11.5. The number of pyridine rings is 1. The van der Waals surface area contributed by atoms with E-state index in [0.717, 1.165) is 36.3 Å². The first kappa shape index (κ1) is 13.8. The van der Waals surface area contributed by atoms with Crippen molar-refractivity contribution in [2.45, 2.75) is 19.4 Å². The number of aromatic nitrogens is 1. The summed E-state index contributed by atoms with van der Waals surface area (Å²) in [4.78, 5) is 21.1. The van der Waals surface area contributed by atoms with Gasteiger partial charge in [-0.2, -0.15) is 0 Å². The molecule has 0 saturated carbocycles. The molecule has 1 unspecified atom stereocenters. The molecular weight excluding hydrogens is 322 g/mol. The number of hydrogen-bond donors (Lipinski definition) is 0. The van der Waals surface area contributed by atoms with E-state index in [-0.39, 0.29) is 5.91 Å². The number of halogens is 1. The Kier molecular flexibility index (Phi) is 3.94. The lowest BCUT2D eigenvalue weighted by molar-refractivity contribution is 0.0752. The van der Waals surface area contributed by atoms with Gasteiger partial charge in [0.25, 0.3) is 5.91 Å². The second-order valence-corrected chi connectivity index (χ2v) is 6.03. The van der Waals surface area contributed by atoms with Gasteiger partial charge in [-0.1, -0.05) is 0 Å². The average molecular weight is 340 g/mol. The molecule has 1 aromatic heterocycles. The maximum Gasteiger partial charge on any atom is 0.274 e. The van der Waals surface area contributed by atoms with Crippen molar-refractivity contribution in [2.24, 2.45) is 0 Å². The van der Waals surface area contributed by atoms with E-state index >= 15 is 0 Å². The summed E-state index contributed by atoms with van der Waals surface area (Å²) in [6.45, 7) is 5.72. The Morgan fingerprint density at radius 3 is 3.15 bits per heavy atom. The molecule has 20 heavy (non-hydrogen) atoms. The van der Waals surface area contributed by atoms with Crippen molar-refractivity contribution in [1.82, 2.24) is 9.88 Å². The highest BCUT2D eigenvalue weighted by atomic mass is 79.9. The van der Waals surface area contributed by atoms with E-state index in [1.165, 1.54) is 0 Å². The number of anilines is 1. The second kappa shape index (κ2) is 5.69. The maximum absolute atomic E-state index is 12.6. The van der Waals surface area contributed by atoms with Crippen LogP contribution in [0.2, 0.25) is 0 Å². The number of ether oxygens (including phenoxy) is 1. The van der Waals surface area contributed by atoms with Crippen LogP contribution in [0.1, 0.15) is 23.8 Å². The predicted octanol–water partition coefficient (Wildman–Crippen LogP) is 1.92. The molecule has 1 fully saturated rings. The average Bonchev–Trinajstić information content (AvgIpc) is 2.73. The van der Waals surface area contributed by atoms with Gasteiger partial charge in [0.05, 0.1) is 12.3 Å². The molecule has 5 nitrogen and oxygen atoms in total. The number of hydrogen-bond acceptors (Lipinski definition) is 4. The zero-order chi connectivity index (χ0) is 14.1. The largest absolute Gasteiger partial charge is 0.380 e. The fraction of sp³-hybridized carbons (Fsp3) is 0.571. The highest BCUT2D eigenvalue weighted by Gasteiger charge is 2.33. The van der Waals surface area contributed by atoms with Crippen LogP contribution >= 0.6 is 15.9 Å². The van der Waals surface area contributed by atoms with E-state index in [0.29, 0.717) is 24.9 Å². The first-order chi connectivity index (χ1) is 9.70. The first-order valence-electron chi connectivity index (χ1n) is 7.00. The van der Waals surface area contributed by atoms with Crippen LogP contribution in [0.25, 0.3) is 0 Å². The van der Waals surface area contributed by atoms with Crippen molar-refractivity contribution in [3.8, 4) is 0 Å². The lowest BCUT2D eigenvalue weighted by atomic mass is 10.1. The molecular formula is C14H18BrN3O2. The monoisotopic (exact) mass is 339 g/mol. The summed E-state index contributed by atoms with van der Waals surface area (Å²) in [5.74, 6) is 0.0315. The Morgan fingerprint density at radius 1 is 1.50 bits per heavy atom. The molecule has 0 bridgehead atoms. The fourth-order valence-corrected chi connectivity index (χ4v) is 3.22. The van der Waals surface area contributed by atoms with Crippen molar-refractivity contribution in [1.29, 1.82) is 0 Å². The van der Waals surface area contributed by atoms with Crippen molar-refractivity contribution in [3.05, 3.63) is 22.4 Å². The number of likely N-dealkylation sites (N-methyl/N-ethyl adjacent to an activating group) is 1. The van der Waals surface area contributed by atoms with E-state index in [1.54, 1.807) is 6.20 Å². The van der Waals surface area contributed by atoms with Gasteiger partial charge in [-0.05, 0) is 35.3 Å². The molecule has 1 aromatic rings. The van der Waals surface area contributed by atoms with Crippen molar-refractivity contribution in [2.75, 3.05) is 37.7 Å². The Bertz CT molecular complexity index is 523. The fourth-order valence-electron chi connectivity index (χ4n) is 2.90. The van der Waals surface area contributed by atoms with Crippen LogP contribution in [0.4, 0.5) is 5.69 Å². The van der Waals surface area contributed by atoms with Crippen LogP contribution in [-0.4, -0.2) is 54.7 Å². The van der Waals surface area contributed by atoms with E-state index in [1.807, 2.05) is 17.9 Å². The topological polar surface area (TPSA) is 45.7 Å². The highest BCUT2D eigenvalue weighted by molar-refractivity contribution is 9.10. The van der Waals surface area contributed by atoms with E-state index in [4.69, 9.17) is 4.74 Å². The minimum Gasteiger partial charge on any atom is -0.380 e. The van der Waals surface area contributed by atoms with E-state index < -0.39 is 0 Å². The summed E-state index contributed by atoms with van der Waals surface area (Å²) in [6.07, 6.45) is 2.63. The van der Waals surface area contributed by atoms with Gasteiger partial charge in [-0.25, -0.2) is 4.98 Å². The summed E-state index contributed by atoms with van der Waals surface area (Å²) in [5, 5.41) is 0. The molecule has 3 heterocycles. The van der Waals surface area contributed by atoms with Crippen molar-refractivity contribution in [3.63, 3.8) is 0 Å². The first-order valence-corrected chi connectivity index (χ1v) is 7.79. The number of rotatable bonds is 1. The highest BCUT2D eigenvalue weighted by Crippen LogP contribution is 2.30. The van der Waals surface area contributed by atoms with Crippen LogP contribution in [0.5, 0.6) is 0 Å². The lowest BCUT2D eigenvalue weighted by Gasteiger charge is -2.31. The number of amides is 1. The second-order valence-electron chi connectivity index (χ2n) is 5.11. The molecule has 0 spiro atoms. The molecule has 0 aromatic carbocycles. The summed E-state index contributed by atoms with van der Waals surface area (Å²) in [5.41, 5.74) is 1.48. The number of fused-ring (bicyclic) bond motifs is 3. The van der Waals surface area contributed by atoms with E-state index in [9.17, 15) is 4.79 Å². The van der Waals surface area contributed by atoms with Gasteiger partial charge in [-0.15, -0.1) is 0 Å². The number of carbonyl (C=O) groups is 1. The Morgan fingerprint density at radius 2 is 2.35 bits per heavy atom. The molecule has 1 saturated heterocycles. The molecule has 0 radical (unpaired) electrons. The molecule has 6 heteroatoms. The van der Waals surface area contributed by atoms with E-state index in [2.05, 4.69) is 25.8 Å². The van der Waals surface area contributed by atoms with Gasteiger partial charge in [0.15, 0.2) is 5.69 Å². The normalized spacial score (nSPS) is 22.9. The SMILES string of the molecule is CCN1CC2CCOCCN2c2cc(Br)cnc2C1=O. The van der Waals surface area contributed by atoms with Crippen molar-refractivity contribution < 1.29 is 9.53 Å².